The molecule has 0 radical (unpaired) electrons. The van der Waals surface area contributed by atoms with Crippen LogP contribution >= 0.6 is 0 Å². The Morgan fingerprint density at radius 3 is 2.33 bits per heavy atom. The molecule has 4 aromatic carbocycles. The SMILES string of the molecule is C=Cc1ccc([Se]c2cc3cc4ccc(C)cc4cc3cc2C)cc1/C=C1/C=CC(C)=CC1. The molecule has 0 saturated heterocycles. The predicted molar refractivity (Wildman–Crippen MR) is 148 cm³/mol. The second kappa shape index (κ2) is 9.02. The molecule has 0 aromatic heterocycles. The van der Waals surface area contributed by atoms with Crippen molar-refractivity contribution in [3.8, 4) is 0 Å². The van der Waals surface area contributed by atoms with E-state index in [-0.39, 0.29) is 15.0 Å². The van der Waals surface area contributed by atoms with Gasteiger partial charge in [-0.15, -0.1) is 0 Å². The van der Waals surface area contributed by atoms with E-state index in [0.717, 1.165) is 6.42 Å². The molecule has 0 saturated carbocycles. The Hall–Kier alpha value is -3.12. The Morgan fingerprint density at radius 2 is 1.55 bits per heavy atom. The van der Waals surface area contributed by atoms with E-state index in [9.17, 15) is 0 Å². The van der Waals surface area contributed by atoms with Gasteiger partial charge in [0.25, 0.3) is 0 Å². The molecule has 0 amide bonds. The van der Waals surface area contributed by atoms with E-state index in [1.54, 1.807) is 0 Å². The van der Waals surface area contributed by atoms with Crippen LogP contribution in [0.25, 0.3) is 33.7 Å². The number of hydrogen-bond acceptors (Lipinski definition) is 0. The predicted octanol–water partition coefficient (Wildman–Crippen LogP) is 7.20. The summed E-state index contributed by atoms with van der Waals surface area (Å²) in [5.41, 5.74) is 7.82. The van der Waals surface area contributed by atoms with Gasteiger partial charge in [-0.3, -0.25) is 0 Å². The van der Waals surface area contributed by atoms with E-state index < -0.39 is 0 Å². The fourth-order valence-corrected chi connectivity index (χ4v) is 6.45. The van der Waals surface area contributed by atoms with Gasteiger partial charge < -0.3 is 0 Å². The van der Waals surface area contributed by atoms with Crippen molar-refractivity contribution in [1.82, 2.24) is 0 Å². The molecule has 0 spiro atoms. The van der Waals surface area contributed by atoms with E-state index in [4.69, 9.17) is 0 Å². The second-order valence-electron chi connectivity index (χ2n) is 8.97. The van der Waals surface area contributed by atoms with Gasteiger partial charge in [-0.05, 0) is 0 Å². The molecule has 0 nitrogen and oxygen atoms in total. The molecule has 1 aliphatic carbocycles. The molecular formula is C32H28Se. The van der Waals surface area contributed by atoms with Crippen molar-refractivity contribution in [1.29, 1.82) is 0 Å². The van der Waals surface area contributed by atoms with E-state index in [1.165, 1.54) is 63.9 Å². The fraction of sp³-hybridized carbons (Fsp3) is 0.125. The minimum atomic E-state index is 0.242. The van der Waals surface area contributed by atoms with Crippen LogP contribution in [0.1, 0.15) is 35.6 Å². The molecule has 0 bridgehead atoms. The molecule has 5 rings (SSSR count). The Balaban J connectivity index is 1.51. The van der Waals surface area contributed by atoms with Gasteiger partial charge in [-0.2, -0.15) is 0 Å². The van der Waals surface area contributed by atoms with Crippen molar-refractivity contribution in [2.45, 2.75) is 27.2 Å². The summed E-state index contributed by atoms with van der Waals surface area (Å²) >= 11 is 0.242. The van der Waals surface area contributed by atoms with E-state index >= 15 is 0 Å². The average molecular weight is 492 g/mol. The zero-order chi connectivity index (χ0) is 22.9. The van der Waals surface area contributed by atoms with Gasteiger partial charge in [0.05, 0.1) is 0 Å². The summed E-state index contributed by atoms with van der Waals surface area (Å²) in [5, 5.41) is 5.28. The molecule has 1 heteroatoms. The zero-order valence-electron chi connectivity index (χ0n) is 19.5. The topological polar surface area (TPSA) is 0 Å². The van der Waals surface area contributed by atoms with Crippen LogP contribution in [0.15, 0.2) is 96.6 Å². The summed E-state index contributed by atoms with van der Waals surface area (Å²) in [4.78, 5) is 0. The summed E-state index contributed by atoms with van der Waals surface area (Å²) < 4.78 is 2.84. The van der Waals surface area contributed by atoms with E-state index in [2.05, 4.69) is 112 Å². The van der Waals surface area contributed by atoms with E-state index in [0.29, 0.717) is 0 Å². The molecule has 0 aliphatic heterocycles. The first-order valence-electron chi connectivity index (χ1n) is 11.4. The molecule has 0 N–H and O–H groups in total. The van der Waals surface area contributed by atoms with E-state index in [1.807, 2.05) is 6.08 Å². The Bertz CT molecular complexity index is 1490. The van der Waals surface area contributed by atoms with Crippen LogP contribution in [0, 0.1) is 13.8 Å². The molecule has 1 aliphatic rings. The van der Waals surface area contributed by atoms with Gasteiger partial charge in [0.2, 0.25) is 0 Å². The molecule has 0 atom stereocenters. The first-order valence-corrected chi connectivity index (χ1v) is 13.1. The van der Waals surface area contributed by atoms with Gasteiger partial charge >= 0.3 is 204 Å². The van der Waals surface area contributed by atoms with Crippen LogP contribution in [-0.2, 0) is 0 Å². The summed E-state index contributed by atoms with van der Waals surface area (Å²) in [6.45, 7) is 10.6. The van der Waals surface area contributed by atoms with Crippen molar-refractivity contribution in [3.63, 3.8) is 0 Å². The van der Waals surface area contributed by atoms with Crippen LogP contribution < -0.4 is 8.92 Å². The third-order valence-corrected chi connectivity index (χ3v) is 8.72. The summed E-state index contributed by atoms with van der Waals surface area (Å²) in [7, 11) is 0. The van der Waals surface area contributed by atoms with Crippen molar-refractivity contribution in [2.75, 3.05) is 0 Å². The zero-order valence-corrected chi connectivity index (χ0v) is 21.2. The number of rotatable bonds is 4. The third-order valence-electron chi connectivity index (χ3n) is 6.31. The maximum atomic E-state index is 4.03. The minimum absolute atomic E-state index is 0.242. The number of allylic oxidation sites excluding steroid dienone is 5. The molecule has 162 valence electrons. The van der Waals surface area contributed by atoms with Crippen LogP contribution in [0.5, 0.6) is 0 Å². The third kappa shape index (κ3) is 4.66. The molecule has 0 heterocycles. The van der Waals surface area contributed by atoms with Gasteiger partial charge in [0.15, 0.2) is 0 Å². The first kappa shape index (κ1) is 21.7. The van der Waals surface area contributed by atoms with Crippen molar-refractivity contribution >= 4 is 57.6 Å². The van der Waals surface area contributed by atoms with Crippen molar-refractivity contribution in [2.24, 2.45) is 0 Å². The normalized spacial score (nSPS) is 14.8. The number of fused-ring (bicyclic) bond motifs is 2. The number of aryl methyl sites for hydroxylation is 2. The monoisotopic (exact) mass is 492 g/mol. The molecule has 33 heavy (non-hydrogen) atoms. The Morgan fingerprint density at radius 1 is 0.758 bits per heavy atom. The molecule has 4 aromatic rings. The van der Waals surface area contributed by atoms with Gasteiger partial charge in [-0.1, -0.05) is 0 Å². The van der Waals surface area contributed by atoms with Crippen LogP contribution in [0.3, 0.4) is 0 Å². The standard InChI is InChI=1S/C32H28Se/c1-5-25-12-13-31(19-29(25)16-24-9-6-21(2)7-10-24)33-32-20-30-17-26-11-8-22(3)14-27(26)18-28(30)15-23(32)4/h5-9,11-20H,1,10H2,2-4H3/b24-16-. The van der Waals surface area contributed by atoms with Crippen LogP contribution in [0.4, 0.5) is 0 Å². The summed E-state index contributed by atoms with van der Waals surface area (Å²) in [6.07, 6.45) is 12.0. The van der Waals surface area contributed by atoms with Crippen molar-refractivity contribution in [3.05, 3.63) is 119 Å². The average Bonchev–Trinajstić information content (AvgIpc) is 2.80. The van der Waals surface area contributed by atoms with Gasteiger partial charge in [0, 0.05) is 0 Å². The number of hydrogen-bond donors (Lipinski definition) is 0. The first-order chi connectivity index (χ1) is 16.0. The fourth-order valence-electron chi connectivity index (χ4n) is 4.39. The quantitative estimate of drug-likeness (QED) is 0.209. The molecule has 0 unspecified atom stereocenters. The Kier molecular flexibility index (Phi) is 5.94. The maximum absolute atomic E-state index is 4.03. The summed E-state index contributed by atoms with van der Waals surface area (Å²) in [6, 6.07) is 23.0. The summed E-state index contributed by atoms with van der Waals surface area (Å²) in [5.74, 6) is 0. The second-order valence-corrected chi connectivity index (χ2v) is 11.3. The Labute approximate surface area is 203 Å². The van der Waals surface area contributed by atoms with Crippen LogP contribution in [-0.4, -0.2) is 15.0 Å². The molecular weight excluding hydrogens is 463 g/mol. The number of benzene rings is 4. The van der Waals surface area contributed by atoms with Gasteiger partial charge in [-0.25, -0.2) is 0 Å². The molecule has 0 fully saturated rings. The van der Waals surface area contributed by atoms with Gasteiger partial charge in [0.1, 0.15) is 0 Å². The van der Waals surface area contributed by atoms with Crippen molar-refractivity contribution < 1.29 is 0 Å². The van der Waals surface area contributed by atoms with Crippen LogP contribution in [0.2, 0.25) is 0 Å².